The Morgan fingerprint density at radius 2 is 1.89 bits per heavy atom. The summed E-state index contributed by atoms with van der Waals surface area (Å²) in [7, 11) is 0. The van der Waals surface area contributed by atoms with Crippen LogP contribution in [0.15, 0.2) is 48.5 Å². The molecule has 0 fully saturated rings. The predicted octanol–water partition coefficient (Wildman–Crippen LogP) is 0.887. The van der Waals surface area contributed by atoms with Crippen LogP contribution in [-0.4, -0.2) is 34.2 Å². The van der Waals surface area contributed by atoms with E-state index in [0.717, 1.165) is 11.0 Å². The molecule has 2 aromatic rings. The number of rotatable bonds is 6. The molecule has 9 nitrogen and oxygen atoms in total. The maximum Gasteiger partial charge on any atom is 0.270 e. The predicted molar refractivity (Wildman–Crippen MR) is 93.9 cm³/mol. The van der Waals surface area contributed by atoms with E-state index in [2.05, 4.69) is 0 Å². The lowest BCUT2D eigenvalue weighted by molar-refractivity contribution is -0.384. The van der Waals surface area contributed by atoms with Crippen LogP contribution in [0.1, 0.15) is 22.3 Å². The van der Waals surface area contributed by atoms with Gasteiger partial charge in [0, 0.05) is 23.3 Å². The molecule has 0 unspecified atom stereocenters. The van der Waals surface area contributed by atoms with Gasteiger partial charge in [0.1, 0.15) is 6.54 Å². The highest BCUT2D eigenvalue weighted by molar-refractivity contribution is 6.12. The van der Waals surface area contributed by atoms with Gasteiger partial charge in [0.15, 0.2) is 11.4 Å². The van der Waals surface area contributed by atoms with Crippen molar-refractivity contribution in [3.8, 4) is 0 Å². The zero-order chi connectivity index (χ0) is 19.8. The quantitative estimate of drug-likeness (QED) is 0.439. The summed E-state index contributed by atoms with van der Waals surface area (Å²) < 4.78 is 0. The van der Waals surface area contributed by atoms with Crippen LogP contribution in [0.4, 0.5) is 11.4 Å². The second-order valence-corrected chi connectivity index (χ2v) is 6.14. The molecule has 9 heteroatoms. The molecule has 2 amide bonds. The van der Waals surface area contributed by atoms with Crippen LogP contribution >= 0.6 is 0 Å². The van der Waals surface area contributed by atoms with Gasteiger partial charge in [-0.05, 0) is 6.07 Å². The van der Waals surface area contributed by atoms with E-state index in [1.807, 2.05) is 0 Å². The third-order valence-electron chi connectivity index (χ3n) is 4.35. The highest BCUT2D eigenvalue weighted by Gasteiger charge is 2.51. The number of hydrogen-bond acceptors (Lipinski definition) is 6. The lowest BCUT2D eigenvalue weighted by Gasteiger charge is -2.22. The Hall–Kier alpha value is -3.59. The number of para-hydroxylation sites is 1. The Morgan fingerprint density at radius 1 is 1.19 bits per heavy atom. The summed E-state index contributed by atoms with van der Waals surface area (Å²) in [6, 6.07) is 11.2. The second-order valence-electron chi connectivity index (χ2n) is 6.14. The summed E-state index contributed by atoms with van der Waals surface area (Å²) in [6.07, 6.45) is -0.626. The van der Waals surface area contributed by atoms with Gasteiger partial charge in [0.05, 0.1) is 17.0 Å². The number of Topliss-reactive ketones (excluding diaryl/α,β-unsaturated/α-hetero) is 1. The van der Waals surface area contributed by atoms with Gasteiger partial charge in [-0.1, -0.05) is 30.3 Å². The van der Waals surface area contributed by atoms with Gasteiger partial charge >= 0.3 is 0 Å². The molecule has 0 saturated carbocycles. The fourth-order valence-electron chi connectivity index (χ4n) is 3.12. The highest BCUT2D eigenvalue weighted by atomic mass is 16.6. The van der Waals surface area contributed by atoms with Crippen LogP contribution in [0.5, 0.6) is 0 Å². The molecule has 0 aliphatic carbocycles. The Kier molecular flexibility index (Phi) is 4.46. The number of nitrogens with two attached hydrogens (primary N) is 1. The summed E-state index contributed by atoms with van der Waals surface area (Å²) in [5.74, 6) is -2.26. The van der Waals surface area contributed by atoms with Crippen molar-refractivity contribution in [2.24, 2.45) is 5.73 Å². The van der Waals surface area contributed by atoms with E-state index in [4.69, 9.17) is 5.73 Å². The van der Waals surface area contributed by atoms with Crippen molar-refractivity contribution in [3.63, 3.8) is 0 Å². The zero-order valence-electron chi connectivity index (χ0n) is 14.0. The fourth-order valence-corrected chi connectivity index (χ4v) is 3.12. The molecule has 1 atom stereocenters. The molecule has 138 valence electrons. The summed E-state index contributed by atoms with van der Waals surface area (Å²) in [5.41, 5.74) is 3.17. The maximum absolute atomic E-state index is 12.8. The summed E-state index contributed by atoms with van der Waals surface area (Å²) in [6.45, 7) is -0.441. The summed E-state index contributed by atoms with van der Waals surface area (Å²) in [4.78, 5) is 47.9. The normalized spacial score (nSPS) is 18.3. The van der Waals surface area contributed by atoms with Crippen molar-refractivity contribution in [1.29, 1.82) is 0 Å². The number of anilines is 1. The van der Waals surface area contributed by atoms with Crippen molar-refractivity contribution < 1.29 is 24.4 Å². The number of nitro benzene ring substituents is 1. The first-order valence-corrected chi connectivity index (χ1v) is 7.94. The first-order chi connectivity index (χ1) is 12.7. The summed E-state index contributed by atoms with van der Waals surface area (Å²) >= 11 is 0. The van der Waals surface area contributed by atoms with Crippen molar-refractivity contribution >= 4 is 29.0 Å². The number of aliphatic hydroxyl groups is 1. The molecule has 3 rings (SSSR count). The lowest BCUT2D eigenvalue weighted by Crippen LogP contribution is -2.44. The van der Waals surface area contributed by atoms with Gasteiger partial charge in [-0.2, -0.15) is 0 Å². The first kappa shape index (κ1) is 18.2. The number of primary amides is 1. The Balaban J connectivity index is 1.97. The maximum atomic E-state index is 12.8. The molecule has 1 aliphatic heterocycles. The SMILES string of the molecule is NC(=O)CN1C(=O)[C@@](O)(CC(=O)c2cccc([N+](=O)[O-])c2)c2ccccc21. The molecule has 0 spiro atoms. The van der Waals surface area contributed by atoms with E-state index in [-0.39, 0.29) is 22.5 Å². The number of hydrogen-bond donors (Lipinski definition) is 2. The molecule has 3 N–H and O–H groups in total. The number of amides is 2. The Labute approximate surface area is 153 Å². The number of benzene rings is 2. The minimum Gasteiger partial charge on any atom is -0.375 e. The average molecular weight is 369 g/mol. The largest absolute Gasteiger partial charge is 0.375 e. The van der Waals surface area contributed by atoms with E-state index in [9.17, 15) is 29.6 Å². The minimum absolute atomic E-state index is 0.00347. The molecule has 1 aliphatic rings. The van der Waals surface area contributed by atoms with Crippen LogP contribution < -0.4 is 10.6 Å². The number of nitrogens with zero attached hydrogens (tertiary/aromatic N) is 2. The fraction of sp³-hybridized carbons (Fsp3) is 0.167. The molecule has 0 radical (unpaired) electrons. The molecule has 0 aromatic heterocycles. The Morgan fingerprint density at radius 3 is 2.56 bits per heavy atom. The van der Waals surface area contributed by atoms with Gasteiger partial charge in [-0.3, -0.25) is 29.4 Å². The number of carbonyl (C=O) groups is 3. The summed E-state index contributed by atoms with van der Waals surface area (Å²) in [5, 5.41) is 21.9. The van der Waals surface area contributed by atoms with E-state index in [1.165, 1.54) is 30.3 Å². The van der Waals surface area contributed by atoms with Crippen molar-refractivity contribution in [2.75, 3.05) is 11.4 Å². The minimum atomic E-state index is -2.19. The van der Waals surface area contributed by atoms with Crippen LogP contribution in [0.25, 0.3) is 0 Å². The van der Waals surface area contributed by atoms with Crippen LogP contribution in [0, 0.1) is 10.1 Å². The lowest BCUT2D eigenvalue weighted by atomic mass is 9.88. The van der Waals surface area contributed by atoms with E-state index < -0.39 is 41.1 Å². The number of fused-ring (bicyclic) bond motifs is 1. The smallest absolute Gasteiger partial charge is 0.270 e. The van der Waals surface area contributed by atoms with E-state index in [0.29, 0.717) is 0 Å². The van der Waals surface area contributed by atoms with Gasteiger partial charge in [-0.15, -0.1) is 0 Å². The van der Waals surface area contributed by atoms with Gasteiger partial charge in [-0.25, -0.2) is 0 Å². The third-order valence-corrected chi connectivity index (χ3v) is 4.35. The average Bonchev–Trinajstić information content (AvgIpc) is 2.84. The van der Waals surface area contributed by atoms with Gasteiger partial charge in [0.2, 0.25) is 5.91 Å². The van der Waals surface area contributed by atoms with Crippen LogP contribution in [0.2, 0.25) is 0 Å². The first-order valence-electron chi connectivity index (χ1n) is 7.94. The number of ketones is 1. The van der Waals surface area contributed by atoms with Crippen LogP contribution in [-0.2, 0) is 15.2 Å². The second kappa shape index (κ2) is 6.61. The molecular formula is C18H15N3O6. The number of non-ortho nitro benzene ring substituents is 1. The topological polar surface area (TPSA) is 144 Å². The monoisotopic (exact) mass is 369 g/mol. The highest BCUT2D eigenvalue weighted by Crippen LogP contribution is 2.42. The van der Waals surface area contributed by atoms with Crippen molar-refractivity contribution in [1.82, 2.24) is 0 Å². The van der Waals surface area contributed by atoms with Gasteiger partial charge < -0.3 is 10.8 Å². The molecular weight excluding hydrogens is 354 g/mol. The molecule has 27 heavy (non-hydrogen) atoms. The van der Waals surface area contributed by atoms with Gasteiger partial charge in [0.25, 0.3) is 11.6 Å². The Bertz CT molecular complexity index is 973. The van der Waals surface area contributed by atoms with Crippen molar-refractivity contribution in [3.05, 3.63) is 69.8 Å². The molecule has 1 heterocycles. The number of carbonyl (C=O) groups excluding carboxylic acids is 3. The third kappa shape index (κ3) is 3.15. The number of nitro groups is 1. The molecule has 0 bridgehead atoms. The molecule has 0 saturated heterocycles. The van der Waals surface area contributed by atoms with E-state index >= 15 is 0 Å². The molecule has 2 aromatic carbocycles. The van der Waals surface area contributed by atoms with E-state index in [1.54, 1.807) is 12.1 Å². The van der Waals surface area contributed by atoms with Crippen molar-refractivity contribution in [2.45, 2.75) is 12.0 Å². The standard InChI is InChI=1S/C18H15N3O6/c19-16(23)10-20-14-7-2-1-6-13(14)18(25,17(20)24)9-15(22)11-4-3-5-12(8-11)21(26)27/h1-8,25H,9-10H2,(H2,19,23)/t18-/m1/s1. The van der Waals surface area contributed by atoms with Crippen LogP contribution in [0.3, 0.4) is 0 Å². The zero-order valence-corrected chi connectivity index (χ0v) is 14.0.